The van der Waals surface area contributed by atoms with Gasteiger partial charge in [-0.1, -0.05) is 19.8 Å². The number of halogens is 1. The van der Waals surface area contributed by atoms with E-state index in [1.807, 2.05) is 23.5 Å². The summed E-state index contributed by atoms with van der Waals surface area (Å²) in [5, 5.41) is 4.66. The van der Waals surface area contributed by atoms with E-state index < -0.39 is 0 Å². The lowest BCUT2D eigenvalue weighted by Crippen LogP contribution is -2.38. The van der Waals surface area contributed by atoms with Crippen LogP contribution < -0.4 is 0 Å². The van der Waals surface area contributed by atoms with Crippen LogP contribution in [0.1, 0.15) is 44.1 Å². The number of hydrogen-bond acceptors (Lipinski definition) is 3. The lowest BCUT2D eigenvalue weighted by Gasteiger charge is -2.41. The Morgan fingerprint density at radius 2 is 2.14 bits per heavy atom. The van der Waals surface area contributed by atoms with Gasteiger partial charge in [0.1, 0.15) is 11.3 Å². The Morgan fingerprint density at radius 1 is 1.38 bits per heavy atom. The summed E-state index contributed by atoms with van der Waals surface area (Å²) in [5.41, 5.74) is 3.28. The van der Waals surface area contributed by atoms with Crippen LogP contribution in [0, 0.1) is 0 Å². The van der Waals surface area contributed by atoms with Crippen molar-refractivity contribution in [1.29, 1.82) is 0 Å². The Labute approximate surface area is 135 Å². The monoisotopic (exact) mass is 326 g/mol. The predicted molar refractivity (Wildman–Crippen MR) is 90.1 cm³/mol. The molecule has 1 aliphatic carbocycles. The van der Waals surface area contributed by atoms with E-state index in [1.54, 1.807) is 0 Å². The van der Waals surface area contributed by atoms with Gasteiger partial charge in [0, 0.05) is 18.3 Å². The highest BCUT2D eigenvalue weighted by molar-refractivity contribution is 8.00. The summed E-state index contributed by atoms with van der Waals surface area (Å²) >= 11 is 8.14. The molecule has 0 unspecified atom stereocenters. The summed E-state index contributed by atoms with van der Waals surface area (Å²) in [4.78, 5) is 4.79. The number of nitrogens with zero attached hydrogens (tertiary/aromatic N) is 4. The average molecular weight is 327 g/mol. The van der Waals surface area contributed by atoms with Gasteiger partial charge in [0.05, 0.1) is 11.6 Å². The molecular weight excluding hydrogens is 304 g/mol. The van der Waals surface area contributed by atoms with Crippen LogP contribution in [0.4, 0.5) is 0 Å². The van der Waals surface area contributed by atoms with Gasteiger partial charge >= 0.3 is 0 Å². The minimum absolute atomic E-state index is 0.365. The Bertz CT molecular complexity index is 636. The van der Waals surface area contributed by atoms with Crippen LogP contribution in [0.5, 0.6) is 0 Å². The molecule has 1 aliphatic rings. The van der Waals surface area contributed by atoms with Crippen molar-refractivity contribution in [2.45, 2.75) is 56.2 Å². The second kappa shape index (κ2) is 5.84. The van der Waals surface area contributed by atoms with E-state index in [9.17, 15) is 0 Å². The van der Waals surface area contributed by atoms with Crippen molar-refractivity contribution in [1.82, 2.24) is 19.3 Å². The fourth-order valence-corrected chi connectivity index (χ4v) is 4.41. The molecule has 0 aliphatic heterocycles. The van der Waals surface area contributed by atoms with E-state index in [4.69, 9.17) is 16.6 Å². The predicted octanol–water partition coefficient (Wildman–Crippen LogP) is 3.75. The molecule has 0 atom stereocenters. The first kappa shape index (κ1) is 15.2. The van der Waals surface area contributed by atoms with Gasteiger partial charge in [-0.2, -0.15) is 16.9 Å². The fraction of sp³-hybridized carbons (Fsp3) is 0.733. The number of aromatic nitrogens is 4. The largest absolute Gasteiger partial charge is 0.310 e. The molecule has 2 aromatic heterocycles. The third-order valence-electron chi connectivity index (χ3n) is 4.62. The lowest BCUT2D eigenvalue weighted by atomic mass is 9.84. The number of aryl methyl sites for hydroxylation is 2. The highest BCUT2D eigenvalue weighted by Gasteiger charge is 2.38. The van der Waals surface area contributed by atoms with E-state index in [0.29, 0.717) is 10.6 Å². The van der Waals surface area contributed by atoms with Crippen LogP contribution in [-0.2, 0) is 25.9 Å². The van der Waals surface area contributed by atoms with Gasteiger partial charge in [-0.3, -0.25) is 4.68 Å². The summed E-state index contributed by atoms with van der Waals surface area (Å²) in [6.07, 6.45) is 8.19. The van der Waals surface area contributed by atoms with E-state index in [0.717, 1.165) is 42.1 Å². The SMILES string of the molecule is CCCc1nn(C)c2c1nc(CCl)n2CC1(SC)CCC1. The molecular formula is C15H23ClN4S. The van der Waals surface area contributed by atoms with Crippen LogP contribution in [0.25, 0.3) is 11.2 Å². The van der Waals surface area contributed by atoms with Crippen molar-refractivity contribution in [3.63, 3.8) is 0 Å². The summed E-state index contributed by atoms with van der Waals surface area (Å²) in [5.74, 6) is 1.45. The molecule has 0 N–H and O–H groups in total. The third-order valence-corrected chi connectivity index (χ3v) is 6.26. The van der Waals surface area contributed by atoms with Gasteiger partial charge in [0.25, 0.3) is 0 Å². The summed E-state index contributed by atoms with van der Waals surface area (Å²) in [7, 11) is 2.02. The Hall–Kier alpha value is -0.680. The molecule has 0 saturated heterocycles. The molecule has 1 saturated carbocycles. The van der Waals surface area contributed by atoms with Gasteiger partial charge < -0.3 is 4.57 Å². The molecule has 3 rings (SSSR count). The number of fused-ring (bicyclic) bond motifs is 1. The van der Waals surface area contributed by atoms with Crippen LogP contribution in [0.2, 0.25) is 0 Å². The quantitative estimate of drug-likeness (QED) is 0.758. The summed E-state index contributed by atoms with van der Waals surface area (Å²) in [6, 6.07) is 0. The van der Waals surface area contributed by atoms with Crippen molar-refractivity contribution < 1.29 is 0 Å². The van der Waals surface area contributed by atoms with Crippen molar-refractivity contribution >= 4 is 34.5 Å². The van der Waals surface area contributed by atoms with Crippen molar-refractivity contribution in [2.75, 3.05) is 6.26 Å². The molecule has 0 amide bonds. The molecule has 1 fully saturated rings. The number of hydrogen-bond donors (Lipinski definition) is 0. The average Bonchev–Trinajstić information content (AvgIpc) is 2.93. The van der Waals surface area contributed by atoms with Crippen molar-refractivity contribution in [3.05, 3.63) is 11.5 Å². The Morgan fingerprint density at radius 3 is 2.67 bits per heavy atom. The molecule has 0 aromatic carbocycles. The molecule has 6 heteroatoms. The van der Waals surface area contributed by atoms with Gasteiger partial charge in [-0.15, -0.1) is 11.6 Å². The molecule has 0 spiro atoms. The molecule has 116 valence electrons. The molecule has 0 bridgehead atoms. The van der Waals surface area contributed by atoms with Gasteiger partial charge in [-0.05, 0) is 25.5 Å². The second-order valence-corrected chi connectivity index (χ2v) is 7.52. The Balaban J connectivity index is 2.07. The summed E-state index contributed by atoms with van der Waals surface area (Å²) < 4.78 is 4.66. The first-order valence-corrected chi connectivity index (χ1v) is 9.42. The van der Waals surface area contributed by atoms with Crippen LogP contribution in [-0.4, -0.2) is 30.3 Å². The molecule has 2 heterocycles. The van der Waals surface area contributed by atoms with Crippen molar-refractivity contribution in [2.24, 2.45) is 7.05 Å². The maximum Gasteiger partial charge on any atom is 0.158 e. The number of thioether (sulfide) groups is 1. The van der Waals surface area contributed by atoms with E-state index in [1.165, 1.54) is 19.3 Å². The topological polar surface area (TPSA) is 35.6 Å². The standard InChI is InChI=1S/C15H23ClN4S/c1-4-6-11-13-14(19(2)18-11)20(12(9-16)17-13)10-15(21-3)7-5-8-15/h4-10H2,1-3H3. The van der Waals surface area contributed by atoms with Crippen LogP contribution >= 0.6 is 23.4 Å². The van der Waals surface area contributed by atoms with E-state index >= 15 is 0 Å². The van der Waals surface area contributed by atoms with Gasteiger partial charge in [-0.25, -0.2) is 4.98 Å². The molecule has 21 heavy (non-hydrogen) atoms. The van der Waals surface area contributed by atoms with Crippen molar-refractivity contribution in [3.8, 4) is 0 Å². The fourth-order valence-electron chi connectivity index (χ4n) is 3.25. The maximum absolute atomic E-state index is 6.16. The number of imidazole rings is 1. The molecule has 2 aromatic rings. The number of rotatable bonds is 6. The highest BCUT2D eigenvalue weighted by atomic mass is 35.5. The highest BCUT2D eigenvalue weighted by Crippen LogP contribution is 2.44. The van der Waals surface area contributed by atoms with E-state index in [-0.39, 0.29) is 0 Å². The normalized spacial score (nSPS) is 17.3. The lowest BCUT2D eigenvalue weighted by molar-refractivity contribution is 0.321. The zero-order valence-corrected chi connectivity index (χ0v) is 14.6. The van der Waals surface area contributed by atoms with E-state index in [2.05, 4.69) is 22.8 Å². The third kappa shape index (κ3) is 2.48. The number of alkyl halides is 1. The minimum Gasteiger partial charge on any atom is -0.310 e. The second-order valence-electron chi connectivity index (χ2n) is 5.98. The molecule has 0 radical (unpaired) electrons. The summed E-state index contributed by atoms with van der Waals surface area (Å²) in [6.45, 7) is 3.18. The maximum atomic E-state index is 6.16. The zero-order valence-electron chi connectivity index (χ0n) is 13.0. The smallest absolute Gasteiger partial charge is 0.158 e. The zero-order chi connectivity index (χ0) is 15.0. The van der Waals surface area contributed by atoms with Crippen LogP contribution in [0.3, 0.4) is 0 Å². The Kier molecular flexibility index (Phi) is 4.23. The first-order valence-electron chi connectivity index (χ1n) is 7.66. The van der Waals surface area contributed by atoms with Gasteiger partial charge in [0.15, 0.2) is 5.65 Å². The molecule has 4 nitrogen and oxygen atoms in total. The van der Waals surface area contributed by atoms with Crippen LogP contribution in [0.15, 0.2) is 0 Å². The first-order chi connectivity index (χ1) is 10.1. The minimum atomic E-state index is 0.365. The van der Waals surface area contributed by atoms with Gasteiger partial charge in [0.2, 0.25) is 0 Å².